The van der Waals surface area contributed by atoms with E-state index >= 15 is 0 Å². The number of hydrogen-bond acceptors (Lipinski definition) is 7. The predicted molar refractivity (Wildman–Crippen MR) is 91.5 cm³/mol. The molecule has 0 aliphatic heterocycles. The zero-order valence-corrected chi connectivity index (χ0v) is 14.4. The second-order valence-corrected chi connectivity index (χ2v) is 4.75. The van der Waals surface area contributed by atoms with Gasteiger partial charge < -0.3 is 24.3 Å². The van der Waals surface area contributed by atoms with Crippen LogP contribution in [-0.4, -0.2) is 42.8 Å². The van der Waals surface area contributed by atoms with Gasteiger partial charge >= 0.3 is 6.01 Å². The van der Waals surface area contributed by atoms with Gasteiger partial charge in [-0.05, 0) is 38.1 Å². The van der Waals surface area contributed by atoms with Crippen LogP contribution in [0, 0.1) is 0 Å². The Kier molecular flexibility index (Phi) is 6.82. The van der Waals surface area contributed by atoms with Crippen LogP contribution in [0.2, 0.25) is 0 Å². The molecule has 0 fully saturated rings. The molecule has 0 aliphatic rings. The average molecular weight is 347 g/mol. The maximum absolute atomic E-state index is 12.1. The third-order valence-corrected chi connectivity index (χ3v) is 2.99. The third-order valence-electron chi connectivity index (χ3n) is 2.99. The number of carbonyl (C=O) groups excluding carboxylic acids is 1. The topological polar surface area (TPSA) is 91.8 Å². The first kappa shape index (κ1) is 18.3. The van der Waals surface area contributed by atoms with Gasteiger partial charge in [-0.3, -0.25) is 4.79 Å². The van der Waals surface area contributed by atoms with E-state index in [-0.39, 0.29) is 24.4 Å². The Balaban J connectivity index is 1.96. The van der Waals surface area contributed by atoms with Crippen LogP contribution in [0.25, 0.3) is 0 Å². The minimum Gasteiger partial charge on any atom is -0.497 e. The molecule has 0 atom stereocenters. The summed E-state index contributed by atoms with van der Waals surface area (Å²) in [5.41, 5.74) is 0.355. The van der Waals surface area contributed by atoms with Crippen LogP contribution in [0.5, 0.6) is 23.4 Å². The van der Waals surface area contributed by atoms with Gasteiger partial charge in [0.25, 0.3) is 5.91 Å². The molecule has 0 radical (unpaired) electrons. The Bertz CT molecular complexity index is 691. The number of amides is 1. The number of ether oxygens (including phenoxy) is 4. The lowest BCUT2D eigenvalue weighted by atomic mass is 10.3. The predicted octanol–water partition coefficient (Wildman–Crippen LogP) is 2.30. The van der Waals surface area contributed by atoms with Gasteiger partial charge in [-0.25, -0.2) is 4.98 Å². The van der Waals surface area contributed by atoms with Crippen molar-refractivity contribution >= 4 is 11.6 Å². The smallest absolute Gasteiger partial charge is 0.319 e. The van der Waals surface area contributed by atoms with Crippen molar-refractivity contribution in [2.45, 2.75) is 13.8 Å². The van der Waals surface area contributed by atoms with E-state index in [9.17, 15) is 4.79 Å². The van der Waals surface area contributed by atoms with Gasteiger partial charge in [0.05, 0.1) is 26.5 Å². The van der Waals surface area contributed by atoms with Crippen LogP contribution >= 0.6 is 0 Å². The van der Waals surface area contributed by atoms with Gasteiger partial charge in [0, 0.05) is 0 Å². The molecule has 0 unspecified atom stereocenters. The fourth-order valence-electron chi connectivity index (χ4n) is 1.89. The van der Waals surface area contributed by atoms with Gasteiger partial charge in [0.1, 0.15) is 17.2 Å². The number of nitrogens with zero attached hydrogens (tertiary/aromatic N) is 2. The van der Waals surface area contributed by atoms with Crippen molar-refractivity contribution in [1.29, 1.82) is 0 Å². The third kappa shape index (κ3) is 5.52. The first-order valence-electron chi connectivity index (χ1n) is 7.85. The number of rotatable bonds is 9. The number of anilines is 1. The van der Waals surface area contributed by atoms with Crippen molar-refractivity contribution in [2.75, 3.05) is 32.2 Å². The Hall–Kier alpha value is -3.03. The average Bonchev–Trinajstić information content (AvgIpc) is 2.63. The molecule has 0 saturated carbocycles. The van der Waals surface area contributed by atoms with Crippen molar-refractivity contribution in [2.24, 2.45) is 0 Å². The molecular weight excluding hydrogens is 326 g/mol. The molecule has 0 spiro atoms. The Morgan fingerprint density at radius 1 is 1.04 bits per heavy atom. The summed E-state index contributed by atoms with van der Waals surface area (Å²) in [6, 6.07) is 7.13. The highest BCUT2D eigenvalue weighted by atomic mass is 16.5. The first-order chi connectivity index (χ1) is 12.2. The quantitative estimate of drug-likeness (QED) is 0.744. The zero-order chi connectivity index (χ0) is 18.1. The Labute approximate surface area is 146 Å². The summed E-state index contributed by atoms with van der Waals surface area (Å²) in [5, 5.41) is 2.66. The zero-order valence-electron chi connectivity index (χ0n) is 14.4. The summed E-state index contributed by atoms with van der Waals surface area (Å²) in [5.74, 6) is 1.16. The van der Waals surface area contributed by atoms with E-state index in [0.29, 0.717) is 30.4 Å². The van der Waals surface area contributed by atoms with Gasteiger partial charge in [0.2, 0.25) is 5.88 Å². The fraction of sp³-hybridized carbons (Fsp3) is 0.353. The molecule has 1 N–H and O–H groups in total. The van der Waals surface area contributed by atoms with Gasteiger partial charge in [0.15, 0.2) is 6.61 Å². The van der Waals surface area contributed by atoms with E-state index in [0.717, 1.165) is 0 Å². The second kappa shape index (κ2) is 9.31. The lowest BCUT2D eigenvalue weighted by Crippen LogP contribution is -2.21. The number of aromatic nitrogens is 2. The first-order valence-corrected chi connectivity index (χ1v) is 7.85. The maximum atomic E-state index is 12.1. The van der Waals surface area contributed by atoms with E-state index in [1.807, 2.05) is 13.8 Å². The lowest BCUT2D eigenvalue weighted by Gasteiger charge is -2.12. The molecule has 8 nitrogen and oxygen atoms in total. The molecule has 2 aromatic rings. The van der Waals surface area contributed by atoms with Crippen molar-refractivity contribution in [3.63, 3.8) is 0 Å². The summed E-state index contributed by atoms with van der Waals surface area (Å²) >= 11 is 0. The van der Waals surface area contributed by atoms with Crippen molar-refractivity contribution in [3.8, 4) is 23.4 Å². The molecule has 0 bridgehead atoms. The van der Waals surface area contributed by atoms with Gasteiger partial charge in [-0.15, -0.1) is 0 Å². The highest BCUT2D eigenvalue weighted by Crippen LogP contribution is 2.23. The summed E-state index contributed by atoms with van der Waals surface area (Å²) in [6.07, 6.45) is 1.44. The number of methoxy groups -OCH3 is 1. The van der Waals surface area contributed by atoms with E-state index in [4.69, 9.17) is 18.9 Å². The van der Waals surface area contributed by atoms with Gasteiger partial charge in [-0.2, -0.15) is 4.98 Å². The van der Waals surface area contributed by atoms with Crippen LogP contribution in [0.15, 0.2) is 30.5 Å². The fourth-order valence-corrected chi connectivity index (χ4v) is 1.89. The number of carbonyl (C=O) groups is 1. The summed E-state index contributed by atoms with van der Waals surface area (Å²) in [6.45, 7) is 4.32. The van der Waals surface area contributed by atoms with Crippen molar-refractivity contribution in [1.82, 2.24) is 9.97 Å². The molecule has 2 rings (SSSR count). The molecule has 0 saturated heterocycles. The lowest BCUT2D eigenvalue weighted by molar-refractivity contribution is -0.118. The van der Waals surface area contributed by atoms with Crippen molar-refractivity contribution < 1.29 is 23.7 Å². The number of benzene rings is 1. The molecule has 25 heavy (non-hydrogen) atoms. The molecule has 134 valence electrons. The summed E-state index contributed by atoms with van der Waals surface area (Å²) < 4.78 is 21.1. The highest BCUT2D eigenvalue weighted by molar-refractivity contribution is 5.92. The molecule has 1 aromatic carbocycles. The highest BCUT2D eigenvalue weighted by Gasteiger charge is 2.12. The number of hydrogen-bond donors (Lipinski definition) is 1. The second-order valence-electron chi connectivity index (χ2n) is 4.75. The van der Waals surface area contributed by atoms with E-state index in [2.05, 4.69) is 15.3 Å². The van der Waals surface area contributed by atoms with Crippen LogP contribution in [0.3, 0.4) is 0 Å². The normalized spacial score (nSPS) is 10.0. The molecule has 1 aromatic heterocycles. The Morgan fingerprint density at radius 3 is 2.36 bits per heavy atom. The standard InChI is InChI=1S/C17H21N3O5/c1-4-23-16-14(10-18-17(20-16)24-5-2)19-15(21)11-25-13-8-6-12(22-3)7-9-13/h6-10H,4-5,11H2,1-3H3,(H,19,21). The SMILES string of the molecule is CCOc1ncc(NC(=O)COc2ccc(OC)cc2)c(OCC)n1. The monoisotopic (exact) mass is 347 g/mol. The minimum absolute atomic E-state index is 0.162. The molecule has 1 heterocycles. The number of nitrogens with one attached hydrogen (secondary N) is 1. The molecule has 1 amide bonds. The van der Waals surface area contributed by atoms with E-state index in [1.54, 1.807) is 31.4 Å². The van der Waals surface area contributed by atoms with Crippen LogP contribution < -0.4 is 24.3 Å². The maximum Gasteiger partial charge on any atom is 0.319 e. The van der Waals surface area contributed by atoms with E-state index in [1.165, 1.54) is 6.20 Å². The molecular formula is C17H21N3O5. The molecule has 8 heteroatoms. The van der Waals surface area contributed by atoms with Crippen LogP contribution in [-0.2, 0) is 4.79 Å². The molecule has 0 aliphatic carbocycles. The van der Waals surface area contributed by atoms with E-state index < -0.39 is 0 Å². The largest absolute Gasteiger partial charge is 0.497 e. The Morgan fingerprint density at radius 2 is 1.72 bits per heavy atom. The van der Waals surface area contributed by atoms with Crippen molar-refractivity contribution in [3.05, 3.63) is 30.5 Å². The summed E-state index contributed by atoms with van der Waals surface area (Å²) in [7, 11) is 1.58. The van der Waals surface area contributed by atoms with Crippen LogP contribution in [0.1, 0.15) is 13.8 Å². The minimum atomic E-state index is -0.357. The summed E-state index contributed by atoms with van der Waals surface area (Å²) in [4.78, 5) is 20.2. The van der Waals surface area contributed by atoms with Crippen LogP contribution in [0.4, 0.5) is 5.69 Å². The van der Waals surface area contributed by atoms with Gasteiger partial charge in [-0.1, -0.05) is 0 Å².